The van der Waals surface area contributed by atoms with Crippen LogP contribution in [0.5, 0.6) is 0 Å². The lowest BCUT2D eigenvalue weighted by atomic mass is 9.99. The number of rotatable bonds is 12. The molecule has 3 rings (SSSR count). The predicted octanol–water partition coefficient (Wildman–Crippen LogP) is 6.46. The molecule has 1 atom stereocenters. The minimum atomic E-state index is -0.587. The van der Waals surface area contributed by atoms with E-state index in [-0.39, 0.29) is 11.8 Å². The Morgan fingerprint density at radius 2 is 1.46 bits per heavy atom. The number of hydrogen-bond acceptors (Lipinski definition) is 2. The standard InChI is InChI=1S/C33H42N2O2/c1-24(2)22-34-33(37)31(21-28-12-7-6-8-13-28)35(23-30-14-10-9-11-26(30)5)32(36)20-17-27-15-18-29(19-16-27)25(3)4/h6-16,18-19,24-25,31H,17,20-23H2,1-5H3,(H,34,37)/t31-/m0/s1. The summed E-state index contributed by atoms with van der Waals surface area (Å²) in [6, 6.07) is 26.0. The maximum Gasteiger partial charge on any atom is 0.243 e. The quantitative estimate of drug-likeness (QED) is 0.311. The smallest absolute Gasteiger partial charge is 0.243 e. The van der Waals surface area contributed by atoms with Gasteiger partial charge < -0.3 is 10.2 Å². The summed E-state index contributed by atoms with van der Waals surface area (Å²) < 4.78 is 0. The zero-order valence-corrected chi connectivity index (χ0v) is 23.0. The molecular weight excluding hydrogens is 456 g/mol. The molecule has 0 radical (unpaired) electrons. The van der Waals surface area contributed by atoms with E-state index in [9.17, 15) is 9.59 Å². The number of hydrogen-bond donors (Lipinski definition) is 1. The van der Waals surface area contributed by atoms with Crippen LogP contribution in [0.25, 0.3) is 0 Å². The van der Waals surface area contributed by atoms with Gasteiger partial charge in [-0.1, -0.05) is 107 Å². The first-order valence-corrected chi connectivity index (χ1v) is 13.5. The SMILES string of the molecule is Cc1ccccc1CN(C(=O)CCc1ccc(C(C)C)cc1)[C@@H](Cc1ccccc1)C(=O)NCC(C)C. The first-order valence-electron chi connectivity index (χ1n) is 13.5. The van der Waals surface area contributed by atoms with Crippen molar-refractivity contribution in [2.45, 2.75) is 72.4 Å². The normalized spacial score (nSPS) is 12.0. The molecule has 0 fully saturated rings. The molecular formula is C33H42N2O2. The number of nitrogens with one attached hydrogen (secondary N) is 1. The average Bonchev–Trinajstić information content (AvgIpc) is 2.89. The van der Waals surface area contributed by atoms with E-state index in [1.165, 1.54) is 5.56 Å². The highest BCUT2D eigenvalue weighted by molar-refractivity contribution is 5.88. The molecule has 4 nitrogen and oxygen atoms in total. The van der Waals surface area contributed by atoms with Gasteiger partial charge >= 0.3 is 0 Å². The molecule has 0 heterocycles. The van der Waals surface area contributed by atoms with Crippen LogP contribution < -0.4 is 5.32 Å². The van der Waals surface area contributed by atoms with E-state index in [0.717, 1.165) is 22.3 Å². The Labute approximate surface area is 223 Å². The summed E-state index contributed by atoms with van der Waals surface area (Å²) in [7, 11) is 0. The molecule has 0 aromatic heterocycles. The maximum atomic E-state index is 13.8. The molecule has 0 bridgehead atoms. The molecule has 1 N–H and O–H groups in total. The van der Waals surface area contributed by atoms with Crippen molar-refractivity contribution >= 4 is 11.8 Å². The molecule has 0 saturated carbocycles. The van der Waals surface area contributed by atoms with Gasteiger partial charge in [-0.2, -0.15) is 0 Å². The number of carbonyl (C=O) groups excluding carboxylic acids is 2. The fraction of sp³-hybridized carbons (Fsp3) is 0.394. The minimum Gasteiger partial charge on any atom is -0.354 e. The van der Waals surface area contributed by atoms with Crippen molar-refractivity contribution in [3.8, 4) is 0 Å². The summed E-state index contributed by atoms with van der Waals surface area (Å²) in [5, 5.41) is 3.10. The first-order chi connectivity index (χ1) is 17.7. The lowest BCUT2D eigenvalue weighted by molar-refractivity contribution is -0.141. The Balaban J connectivity index is 1.88. The van der Waals surface area contributed by atoms with E-state index in [1.54, 1.807) is 4.90 Å². The Morgan fingerprint density at radius 1 is 0.811 bits per heavy atom. The number of benzene rings is 3. The van der Waals surface area contributed by atoms with Crippen molar-refractivity contribution in [1.29, 1.82) is 0 Å². The highest BCUT2D eigenvalue weighted by atomic mass is 16.2. The Hall–Kier alpha value is -3.40. The van der Waals surface area contributed by atoms with Crippen LogP contribution in [0.4, 0.5) is 0 Å². The van der Waals surface area contributed by atoms with Crippen molar-refractivity contribution in [2.24, 2.45) is 5.92 Å². The summed E-state index contributed by atoms with van der Waals surface area (Å²) in [6.07, 6.45) is 1.48. The molecule has 4 heteroatoms. The van der Waals surface area contributed by atoms with Gasteiger partial charge in [0.1, 0.15) is 6.04 Å². The topological polar surface area (TPSA) is 49.4 Å². The van der Waals surface area contributed by atoms with Gasteiger partial charge in [0.05, 0.1) is 0 Å². The maximum absolute atomic E-state index is 13.8. The number of amides is 2. The molecule has 0 aliphatic carbocycles. The van der Waals surface area contributed by atoms with E-state index in [1.807, 2.05) is 48.5 Å². The van der Waals surface area contributed by atoms with Crippen LogP contribution in [0.15, 0.2) is 78.9 Å². The van der Waals surface area contributed by atoms with Crippen LogP contribution in [0, 0.1) is 12.8 Å². The summed E-state index contributed by atoms with van der Waals surface area (Å²) in [5.41, 5.74) is 5.65. The molecule has 0 aliphatic heterocycles. The third kappa shape index (κ3) is 8.59. The van der Waals surface area contributed by atoms with Crippen molar-refractivity contribution < 1.29 is 9.59 Å². The average molecular weight is 499 g/mol. The molecule has 2 amide bonds. The highest BCUT2D eigenvalue weighted by Gasteiger charge is 2.30. The van der Waals surface area contributed by atoms with Gasteiger partial charge in [-0.05, 0) is 53.0 Å². The lowest BCUT2D eigenvalue weighted by Crippen LogP contribution is -2.51. The Morgan fingerprint density at radius 3 is 2.08 bits per heavy atom. The second-order valence-electron chi connectivity index (χ2n) is 10.7. The van der Waals surface area contributed by atoms with Crippen molar-refractivity contribution in [2.75, 3.05) is 6.54 Å². The van der Waals surface area contributed by atoms with Gasteiger partial charge in [-0.25, -0.2) is 0 Å². The predicted molar refractivity (Wildman–Crippen MR) is 152 cm³/mol. The molecule has 3 aromatic carbocycles. The van der Waals surface area contributed by atoms with E-state index in [4.69, 9.17) is 0 Å². The third-order valence-corrected chi connectivity index (χ3v) is 6.83. The monoisotopic (exact) mass is 498 g/mol. The first kappa shape index (κ1) is 28.2. The molecule has 3 aromatic rings. The van der Waals surface area contributed by atoms with Gasteiger partial charge in [-0.3, -0.25) is 9.59 Å². The van der Waals surface area contributed by atoms with Crippen LogP contribution in [0.3, 0.4) is 0 Å². The highest BCUT2D eigenvalue weighted by Crippen LogP contribution is 2.20. The lowest BCUT2D eigenvalue weighted by Gasteiger charge is -2.32. The van der Waals surface area contributed by atoms with E-state index >= 15 is 0 Å². The summed E-state index contributed by atoms with van der Waals surface area (Å²) in [4.78, 5) is 29.2. The van der Waals surface area contributed by atoms with Gasteiger partial charge in [0, 0.05) is 25.9 Å². The molecule has 0 saturated heterocycles. The number of nitrogens with zero attached hydrogens (tertiary/aromatic N) is 1. The zero-order valence-electron chi connectivity index (χ0n) is 23.0. The third-order valence-electron chi connectivity index (χ3n) is 6.83. The van der Waals surface area contributed by atoms with E-state index in [0.29, 0.717) is 44.2 Å². The van der Waals surface area contributed by atoms with Crippen molar-refractivity contribution in [1.82, 2.24) is 10.2 Å². The molecule has 37 heavy (non-hydrogen) atoms. The fourth-order valence-corrected chi connectivity index (χ4v) is 4.41. The van der Waals surface area contributed by atoms with Crippen LogP contribution in [-0.2, 0) is 29.0 Å². The van der Waals surface area contributed by atoms with Crippen LogP contribution in [0.1, 0.15) is 67.9 Å². The molecule has 0 spiro atoms. The van der Waals surface area contributed by atoms with Gasteiger partial charge in [0.25, 0.3) is 0 Å². The van der Waals surface area contributed by atoms with Gasteiger partial charge in [0.15, 0.2) is 0 Å². The van der Waals surface area contributed by atoms with Gasteiger partial charge in [-0.15, -0.1) is 0 Å². The second kappa shape index (κ2) is 13.8. The van der Waals surface area contributed by atoms with Crippen LogP contribution in [0.2, 0.25) is 0 Å². The molecule has 0 aliphatic rings. The van der Waals surface area contributed by atoms with Crippen LogP contribution in [-0.4, -0.2) is 29.3 Å². The Bertz CT molecular complexity index is 1140. The van der Waals surface area contributed by atoms with E-state index in [2.05, 4.69) is 70.3 Å². The second-order valence-corrected chi connectivity index (χ2v) is 10.7. The fourth-order valence-electron chi connectivity index (χ4n) is 4.41. The minimum absolute atomic E-state index is 0.00295. The number of carbonyl (C=O) groups is 2. The summed E-state index contributed by atoms with van der Waals surface area (Å²) in [5.74, 6) is 0.705. The van der Waals surface area contributed by atoms with Gasteiger partial charge in [0.2, 0.25) is 11.8 Å². The number of aryl methyl sites for hydroxylation is 2. The molecule has 196 valence electrons. The Kier molecular flexibility index (Phi) is 10.5. The van der Waals surface area contributed by atoms with E-state index < -0.39 is 6.04 Å². The summed E-state index contributed by atoms with van der Waals surface area (Å²) in [6.45, 7) is 11.6. The van der Waals surface area contributed by atoms with Crippen molar-refractivity contribution in [3.05, 3.63) is 107 Å². The summed E-state index contributed by atoms with van der Waals surface area (Å²) >= 11 is 0. The molecule has 0 unspecified atom stereocenters. The zero-order chi connectivity index (χ0) is 26.8. The van der Waals surface area contributed by atoms with Crippen LogP contribution >= 0.6 is 0 Å². The van der Waals surface area contributed by atoms with Crippen molar-refractivity contribution in [3.63, 3.8) is 0 Å². The largest absolute Gasteiger partial charge is 0.354 e.